The molecule has 0 saturated carbocycles. The molecule has 2 rings (SSSR count). The topological polar surface area (TPSA) is 110 Å². The van der Waals surface area contributed by atoms with E-state index in [9.17, 15) is 18.0 Å². The smallest absolute Gasteiger partial charge is 0.338 e. The first-order chi connectivity index (χ1) is 14.4. The summed E-state index contributed by atoms with van der Waals surface area (Å²) < 4.78 is 43.9. The molecule has 1 aliphatic heterocycles. The number of carbonyl (C=O) groups is 2. The van der Waals surface area contributed by atoms with E-state index in [2.05, 4.69) is 0 Å². The van der Waals surface area contributed by atoms with Gasteiger partial charge in [0.25, 0.3) is 10.1 Å². The van der Waals surface area contributed by atoms with E-state index in [0.29, 0.717) is 30.6 Å². The third kappa shape index (κ3) is 5.71. The van der Waals surface area contributed by atoms with Crippen molar-refractivity contribution in [2.45, 2.75) is 59.3 Å². The van der Waals surface area contributed by atoms with Gasteiger partial charge in [-0.1, -0.05) is 13.8 Å². The van der Waals surface area contributed by atoms with E-state index in [4.69, 9.17) is 14.0 Å². The van der Waals surface area contributed by atoms with E-state index in [1.807, 2.05) is 39.2 Å². The Morgan fingerprint density at radius 2 is 1.65 bits per heavy atom. The highest BCUT2D eigenvalue weighted by molar-refractivity contribution is 7.85. The Bertz CT molecular complexity index is 993. The number of nitrogens with zero attached hydrogens (tertiary/aromatic N) is 1. The van der Waals surface area contributed by atoms with Crippen molar-refractivity contribution in [3.8, 4) is 0 Å². The van der Waals surface area contributed by atoms with E-state index >= 15 is 0 Å². The first-order valence-corrected chi connectivity index (χ1v) is 12.1. The fraction of sp³-hybridized carbons (Fsp3) is 0.591. The van der Waals surface area contributed by atoms with E-state index < -0.39 is 27.5 Å². The van der Waals surface area contributed by atoms with Crippen molar-refractivity contribution >= 4 is 33.5 Å². The second-order valence-corrected chi connectivity index (χ2v) is 9.76. The number of esters is 2. The lowest BCUT2D eigenvalue weighted by molar-refractivity contribution is -0.438. The third-order valence-corrected chi connectivity index (χ3v) is 6.26. The molecule has 0 aliphatic carbocycles. The molecule has 0 bridgehead atoms. The molecular formula is C22H32NO7S+. The van der Waals surface area contributed by atoms with E-state index in [1.165, 1.54) is 6.07 Å². The molecular weight excluding hydrogens is 422 g/mol. The molecule has 0 atom stereocenters. The zero-order chi connectivity index (χ0) is 23.4. The van der Waals surface area contributed by atoms with Crippen molar-refractivity contribution in [3.05, 3.63) is 28.8 Å². The van der Waals surface area contributed by atoms with Gasteiger partial charge in [0.15, 0.2) is 5.71 Å². The maximum absolute atomic E-state index is 12.9. The molecule has 0 fully saturated rings. The number of rotatable bonds is 10. The van der Waals surface area contributed by atoms with Gasteiger partial charge in [0.2, 0.25) is 5.69 Å². The highest BCUT2D eigenvalue weighted by Crippen LogP contribution is 2.43. The Balaban J connectivity index is 2.58. The fourth-order valence-electron chi connectivity index (χ4n) is 3.72. The van der Waals surface area contributed by atoms with Crippen LogP contribution in [0.2, 0.25) is 0 Å². The van der Waals surface area contributed by atoms with Gasteiger partial charge in [-0.2, -0.15) is 13.0 Å². The minimum Gasteiger partial charge on any atom is -0.462 e. The predicted molar refractivity (Wildman–Crippen MR) is 117 cm³/mol. The van der Waals surface area contributed by atoms with Gasteiger partial charge >= 0.3 is 11.9 Å². The van der Waals surface area contributed by atoms with Gasteiger partial charge in [-0.3, -0.25) is 4.55 Å². The molecule has 0 spiro atoms. The van der Waals surface area contributed by atoms with Crippen molar-refractivity contribution in [2.75, 3.05) is 25.5 Å². The zero-order valence-corrected chi connectivity index (χ0v) is 19.7. The summed E-state index contributed by atoms with van der Waals surface area (Å²) in [6.45, 7) is 10.5. The molecule has 1 aromatic carbocycles. The van der Waals surface area contributed by atoms with Crippen LogP contribution < -0.4 is 0 Å². The van der Waals surface area contributed by atoms with Gasteiger partial charge in [0.1, 0.15) is 6.54 Å². The van der Waals surface area contributed by atoms with Crippen molar-refractivity contribution in [1.29, 1.82) is 0 Å². The average molecular weight is 455 g/mol. The molecule has 0 aromatic heterocycles. The van der Waals surface area contributed by atoms with Crippen LogP contribution in [0.3, 0.4) is 0 Å². The summed E-state index contributed by atoms with van der Waals surface area (Å²) in [4.78, 5) is 25.5. The molecule has 0 unspecified atom stereocenters. The molecule has 8 nitrogen and oxygen atoms in total. The number of hydrogen-bond acceptors (Lipinski definition) is 6. The normalized spacial score (nSPS) is 15.0. The highest BCUT2D eigenvalue weighted by atomic mass is 32.2. The van der Waals surface area contributed by atoms with Crippen LogP contribution in [0.1, 0.15) is 80.2 Å². The Kier molecular flexibility index (Phi) is 7.99. The van der Waals surface area contributed by atoms with E-state index in [0.717, 1.165) is 11.3 Å². The second kappa shape index (κ2) is 9.91. The van der Waals surface area contributed by atoms with Crippen LogP contribution in [0.25, 0.3) is 0 Å². The number of carbonyl (C=O) groups excluding carboxylic acids is 2. The van der Waals surface area contributed by atoms with Crippen LogP contribution in [0.15, 0.2) is 12.1 Å². The van der Waals surface area contributed by atoms with Crippen LogP contribution in [0.5, 0.6) is 0 Å². The predicted octanol–water partition coefficient (Wildman–Crippen LogP) is 3.49. The maximum Gasteiger partial charge on any atom is 0.338 e. The summed E-state index contributed by atoms with van der Waals surface area (Å²) in [6, 6.07) is 3.20. The summed E-state index contributed by atoms with van der Waals surface area (Å²) in [7, 11) is -4.09. The Morgan fingerprint density at radius 1 is 1.06 bits per heavy atom. The summed E-state index contributed by atoms with van der Waals surface area (Å²) in [5, 5.41) is 0. The van der Waals surface area contributed by atoms with Crippen LogP contribution in [-0.2, 0) is 25.0 Å². The Hall–Kier alpha value is -2.26. The lowest BCUT2D eigenvalue weighted by Crippen LogP contribution is -2.28. The number of benzene rings is 1. The van der Waals surface area contributed by atoms with Crippen LogP contribution in [-0.4, -0.2) is 60.7 Å². The Labute approximate surface area is 184 Å². The summed E-state index contributed by atoms with van der Waals surface area (Å²) in [5.74, 6) is -1.42. The van der Waals surface area contributed by atoms with Crippen molar-refractivity contribution < 1.29 is 36.6 Å². The van der Waals surface area contributed by atoms with E-state index in [1.54, 1.807) is 6.07 Å². The summed E-state index contributed by atoms with van der Waals surface area (Å²) >= 11 is 0. The van der Waals surface area contributed by atoms with Gasteiger partial charge < -0.3 is 9.47 Å². The standard InChI is InChI=1S/C22H31NO7S/c1-6-10-29-20(24)16-13-17(21(25)30-11-7-2)19-18(14-16)23(15(3)22(19,4)5)9-8-12-31(26,27)28/h13-14H,6-12H2,1-5H3/p+1. The molecule has 172 valence electrons. The van der Waals surface area contributed by atoms with Crippen LogP contribution >= 0.6 is 0 Å². The van der Waals surface area contributed by atoms with Crippen molar-refractivity contribution in [1.82, 2.24) is 0 Å². The zero-order valence-electron chi connectivity index (χ0n) is 18.9. The summed E-state index contributed by atoms with van der Waals surface area (Å²) in [6.07, 6.45) is 1.53. The fourth-order valence-corrected chi connectivity index (χ4v) is 4.21. The lowest BCUT2D eigenvalue weighted by atomic mass is 9.79. The second-order valence-electron chi connectivity index (χ2n) is 8.19. The number of ether oxygens (including phenoxy) is 2. The molecule has 9 heteroatoms. The first-order valence-electron chi connectivity index (χ1n) is 10.5. The first kappa shape index (κ1) is 25.0. The van der Waals surface area contributed by atoms with Crippen LogP contribution in [0, 0.1) is 0 Å². The van der Waals surface area contributed by atoms with Gasteiger partial charge in [0.05, 0.1) is 41.1 Å². The minimum absolute atomic E-state index is 0.186. The van der Waals surface area contributed by atoms with Crippen molar-refractivity contribution in [3.63, 3.8) is 0 Å². The highest BCUT2D eigenvalue weighted by Gasteiger charge is 2.46. The molecule has 1 N–H and O–H groups in total. The van der Waals surface area contributed by atoms with Gasteiger partial charge in [-0.15, -0.1) is 0 Å². The number of hydrogen-bond donors (Lipinski definition) is 1. The molecule has 1 aliphatic rings. The minimum atomic E-state index is -4.09. The molecule has 31 heavy (non-hydrogen) atoms. The Morgan fingerprint density at radius 3 is 2.19 bits per heavy atom. The van der Waals surface area contributed by atoms with Gasteiger partial charge in [-0.05, 0) is 32.8 Å². The van der Waals surface area contributed by atoms with Crippen LogP contribution in [0.4, 0.5) is 5.69 Å². The van der Waals surface area contributed by atoms with E-state index in [-0.39, 0.29) is 31.0 Å². The van der Waals surface area contributed by atoms with Gasteiger partial charge in [0, 0.05) is 19.4 Å². The molecule has 0 saturated heterocycles. The molecule has 0 radical (unpaired) electrons. The lowest BCUT2D eigenvalue weighted by Gasteiger charge is -2.19. The third-order valence-electron chi connectivity index (χ3n) is 5.46. The van der Waals surface area contributed by atoms with Gasteiger partial charge in [-0.25, -0.2) is 9.59 Å². The van der Waals surface area contributed by atoms with Crippen molar-refractivity contribution in [2.24, 2.45) is 0 Å². The maximum atomic E-state index is 12.9. The summed E-state index contributed by atoms with van der Waals surface area (Å²) in [5.41, 5.74) is 2.27. The number of fused-ring (bicyclic) bond motifs is 1. The largest absolute Gasteiger partial charge is 0.462 e. The monoisotopic (exact) mass is 454 g/mol. The molecule has 1 aromatic rings. The quantitative estimate of drug-likeness (QED) is 0.327. The average Bonchev–Trinajstić information content (AvgIpc) is 2.89. The SMILES string of the molecule is CCCOC(=O)c1cc(C(=O)OCCC)c2c(c1)[N+](CCCS(=O)(=O)O)=C(C)C2(C)C. The molecule has 1 heterocycles. The molecule has 0 amide bonds.